The van der Waals surface area contributed by atoms with Crippen LogP contribution in [0, 0.1) is 5.92 Å². The van der Waals surface area contributed by atoms with E-state index in [1.54, 1.807) is 0 Å². The van der Waals surface area contributed by atoms with E-state index in [0.29, 0.717) is 5.92 Å². The van der Waals surface area contributed by atoms with Crippen molar-refractivity contribution in [2.24, 2.45) is 5.92 Å². The Hall–Kier alpha value is -0.530. The van der Waals surface area contributed by atoms with Crippen molar-refractivity contribution >= 4 is 6.41 Å². The Labute approximate surface area is 146 Å². The van der Waals surface area contributed by atoms with Crippen molar-refractivity contribution in [3.05, 3.63) is 0 Å². The highest BCUT2D eigenvalue weighted by atomic mass is 16.1. The van der Waals surface area contributed by atoms with Crippen LogP contribution in [0.2, 0.25) is 0 Å². The van der Waals surface area contributed by atoms with Crippen LogP contribution in [-0.4, -0.2) is 24.4 Å². The number of hydrogen-bond donors (Lipinski definition) is 0. The molecule has 0 aromatic heterocycles. The van der Waals surface area contributed by atoms with E-state index >= 15 is 0 Å². The van der Waals surface area contributed by atoms with Crippen LogP contribution in [-0.2, 0) is 4.79 Å². The van der Waals surface area contributed by atoms with Gasteiger partial charge in [0.1, 0.15) is 0 Å². The molecule has 0 spiro atoms. The first kappa shape index (κ1) is 22.5. The zero-order chi connectivity index (χ0) is 17.2. The van der Waals surface area contributed by atoms with Crippen molar-refractivity contribution in [1.82, 2.24) is 4.90 Å². The third-order valence-electron chi connectivity index (χ3n) is 4.98. The Kier molecular flexibility index (Phi) is 17.4. The monoisotopic (exact) mass is 325 g/mol. The summed E-state index contributed by atoms with van der Waals surface area (Å²) < 4.78 is 0. The lowest BCUT2D eigenvalue weighted by molar-refractivity contribution is -0.118. The second-order valence-corrected chi connectivity index (χ2v) is 7.20. The predicted molar refractivity (Wildman–Crippen MR) is 103 cm³/mol. The van der Waals surface area contributed by atoms with Gasteiger partial charge in [0.25, 0.3) is 0 Å². The summed E-state index contributed by atoms with van der Waals surface area (Å²) in [6.45, 7) is 8.70. The molecule has 0 aromatic rings. The van der Waals surface area contributed by atoms with Crippen LogP contribution in [0.5, 0.6) is 0 Å². The van der Waals surface area contributed by atoms with Crippen molar-refractivity contribution in [3.8, 4) is 0 Å². The number of hydrogen-bond acceptors (Lipinski definition) is 1. The Morgan fingerprint density at radius 1 is 0.739 bits per heavy atom. The molecule has 0 fully saturated rings. The predicted octanol–water partition coefficient (Wildman–Crippen LogP) is 6.58. The summed E-state index contributed by atoms with van der Waals surface area (Å²) >= 11 is 0. The third kappa shape index (κ3) is 14.8. The van der Waals surface area contributed by atoms with Crippen molar-refractivity contribution in [3.63, 3.8) is 0 Å². The lowest BCUT2D eigenvalue weighted by Gasteiger charge is -2.23. The van der Waals surface area contributed by atoms with Gasteiger partial charge in [-0.15, -0.1) is 0 Å². The quantitative estimate of drug-likeness (QED) is 0.206. The molecular formula is C21H43NO. The minimum Gasteiger partial charge on any atom is -0.345 e. The summed E-state index contributed by atoms with van der Waals surface area (Å²) in [5.41, 5.74) is 0. The second kappa shape index (κ2) is 17.8. The third-order valence-corrected chi connectivity index (χ3v) is 4.98. The smallest absolute Gasteiger partial charge is 0.209 e. The van der Waals surface area contributed by atoms with E-state index in [9.17, 15) is 4.79 Å². The van der Waals surface area contributed by atoms with Gasteiger partial charge >= 0.3 is 0 Å². The molecule has 1 amide bonds. The lowest BCUT2D eigenvalue weighted by Crippen LogP contribution is -2.29. The second-order valence-electron chi connectivity index (χ2n) is 7.20. The Balaban J connectivity index is 3.54. The van der Waals surface area contributed by atoms with Crippen LogP contribution in [0.4, 0.5) is 0 Å². The highest BCUT2D eigenvalue weighted by molar-refractivity contribution is 5.46. The summed E-state index contributed by atoms with van der Waals surface area (Å²) in [6, 6.07) is 0. The first-order valence-electron chi connectivity index (χ1n) is 10.5. The van der Waals surface area contributed by atoms with Crippen molar-refractivity contribution in [2.45, 2.75) is 111 Å². The number of unbranched alkanes of at least 4 members (excludes halogenated alkanes) is 10. The molecule has 0 rings (SSSR count). The largest absolute Gasteiger partial charge is 0.345 e. The highest BCUT2D eigenvalue weighted by Gasteiger charge is 2.10. The van der Waals surface area contributed by atoms with Crippen molar-refractivity contribution < 1.29 is 4.79 Å². The normalized spacial score (nSPS) is 12.3. The van der Waals surface area contributed by atoms with E-state index in [0.717, 1.165) is 19.5 Å². The fraction of sp³-hybridized carbons (Fsp3) is 0.952. The molecule has 23 heavy (non-hydrogen) atoms. The van der Waals surface area contributed by atoms with Gasteiger partial charge in [0.15, 0.2) is 0 Å². The van der Waals surface area contributed by atoms with Gasteiger partial charge in [-0.3, -0.25) is 4.79 Å². The zero-order valence-corrected chi connectivity index (χ0v) is 16.3. The van der Waals surface area contributed by atoms with E-state index in [4.69, 9.17) is 0 Å². The maximum Gasteiger partial charge on any atom is 0.209 e. The molecule has 138 valence electrons. The van der Waals surface area contributed by atoms with E-state index in [2.05, 4.69) is 20.8 Å². The molecule has 0 saturated heterocycles. The first-order chi connectivity index (χ1) is 11.3. The highest BCUT2D eigenvalue weighted by Crippen LogP contribution is 2.15. The van der Waals surface area contributed by atoms with Crippen LogP contribution in [0.15, 0.2) is 0 Å². The van der Waals surface area contributed by atoms with Crippen LogP contribution < -0.4 is 0 Å². The maximum absolute atomic E-state index is 11.2. The van der Waals surface area contributed by atoms with Gasteiger partial charge < -0.3 is 4.90 Å². The molecular weight excluding hydrogens is 282 g/mol. The molecule has 2 nitrogen and oxygen atoms in total. The minimum absolute atomic E-state index is 0.697. The molecule has 0 aliphatic rings. The fourth-order valence-corrected chi connectivity index (χ4v) is 3.24. The Bertz CT molecular complexity index is 242. The summed E-state index contributed by atoms with van der Waals surface area (Å²) in [5, 5.41) is 0. The molecule has 0 heterocycles. The van der Waals surface area contributed by atoms with Crippen molar-refractivity contribution in [1.29, 1.82) is 0 Å². The number of carbonyl (C=O) groups is 1. The van der Waals surface area contributed by atoms with E-state index < -0.39 is 0 Å². The zero-order valence-electron chi connectivity index (χ0n) is 16.3. The van der Waals surface area contributed by atoms with Crippen LogP contribution in [0.1, 0.15) is 111 Å². The lowest BCUT2D eigenvalue weighted by atomic mass is 9.99. The molecule has 0 aromatic carbocycles. The molecule has 0 radical (unpaired) electrons. The summed E-state index contributed by atoms with van der Waals surface area (Å²) in [5.74, 6) is 0.697. The number of amides is 1. The summed E-state index contributed by atoms with van der Waals surface area (Å²) in [4.78, 5) is 13.3. The molecule has 2 heteroatoms. The minimum atomic E-state index is 0.697. The standard InChI is InChI=1S/C21H43NO/c1-4-7-9-10-11-12-13-14-15-16-18-22(20-23)19-21(6-3)17-8-5-2/h20-21H,4-19H2,1-3H3. The first-order valence-corrected chi connectivity index (χ1v) is 10.5. The SMILES string of the molecule is CCCCCCCCCCCCN(C=O)CC(CC)CCCC. The number of rotatable bonds is 18. The number of nitrogens with zero attached hydrogens (tertiary/aromatic N) is 1. The van der Waals surface area contributed by atoms with E-state index in [1.807, 2.05) is 4.90 Å². The molecule has 0 aliphatic carbocycles. The number of carbonyl (C=O) groups excluding carboxylic acids is 1. The summed E-state index contributed by atoms with van der Waals surface area (Å²) in [7, 11) is 0. The van der Waals surface area contributed by atoms with Gasteiger partial charge in [-0.2, -0.15) is 0 Å². The molecule has 1 atom stereocenters. The molecule has 0 aliphatic heterocycles. The maximum atomic E-state index is 11.2. The van der Waals surface area contributed by atoms with Gasteiger partial charge in [-0.25, -0.2) is 0 Å². The Morgan fingerprint density at radius 3 is 1.74 bits per heavy atom. The average Bonchev–Trinajstić information content (AvgIpc) is 2.58. The molecule has 0 saturated carbocycles. The molecule has 0 bridgehead atoms. The van der Waals surface area contributed by atoms with Crippen LogP contribution in [0.25, 0.3) is 0 Å². The molecule has 1 unspecified atom stereocenters. The summed E-state index contributed by atoms with van der Waals surface area (Å²) in [6.07, 6.45) is 19.7. The topological polar surface area (TPSA) is 20.3 Å². The van der Waals surface area contributed by atoms with Crippen molar-refractivity contribution in [2.75, 3.05) is 13.1 Å². The van der Waals surface area contributed by atoms with Gasteiger partial charge in [0.2, 0.25) is 6.41 Å². The average molecular weight is 326 g/mol. The molecule has 0 N–H and O–H groups in total. The van der Waals surface area contributed by atoms with E-state index in [1.165, 1.54) is 89.9 Å². The Morgan fingerprint density at radius 2 is 1.26 bits per heavy atom. The van der Waals surface area contributed by atoms with Gasteiger partial charge in [-0.05, 0) is 18.8 Å². The van der Waals surface area contributed by atoms with Crippen LogP contribution >= 0.6 is 0 Å². The van der Waals surface area contributed by atoms with Gasteiger partial charge in [0.05, 0.1) is 0 Å². The fourth-order valence-electron chi connectivity index (χ4n) is 3.24. The van der Waals surface area contributed by atoms with Crippen LogP contribution in [0.3, 0.4) is 0 Å². The van der Waals surface area contributed by atoms with Gasteiger partial charge in [0, 0.05) is 13.1 Å². The van der Waals surface area contributed by atoms with E-state index in [-0.39, 0.29) is 0 Å². The van der Waals surface area contributed by atoms with Gasteiger partial charge in [-0.1, -0.05) is 97.8 Å².